The molecule has 1 aliphatic rings. The standard InChI is InChI=1S/C19H29F2N3O3S/c1-4-23(14(2)3)12-9-22-19(25)15-7-10-24(11-8-15)28(26,27)18-13-16(20)5-6-17(18)21/h5-6,13-15H,4,7-12H2,1-3H3,(H,22,25). The summed E-state index contributed by atoms with van der Waals surface area (Å²) >= 11 is 0. The summed E-state index contributed by atoms with van der Waals surface area (Å²) < 4.78 is 53.5. The summed E-state index contributed by atoms with van der Waals surface area (Å²) in [5.41, 5.74) is 0. The first-order valence-corrected chi connectivity index (χ1v) is 11.1. The molecule has 0 bridgehead atoms. The molecule has 0 radical (unpaired) electrons. The lowest BCUT2D eigenvalue weighted by Crippen LogP contribution is -2.45. The van der Waals surface area contributed by atoms with Crippen molar-refractivity contribution in [3.63, 3.8) is 0 Å². The van der Waals surface area contributed by atoms with Gasteiger partial charge in [0, 0.05) is 38.1 Å². The topological polar surface area (TPSA) is 69.7 Å². The molecule has 1 aromatic carbocycles. The van der Waals surface area contributed by atoms with Gasteiger partial charge in [0.2, 0.25) is 15.9 Å². The molecule has 0 spiro atoms. The highest BCUT2D eigenvalue weighted by Gasteiger charge is 2.33. The van der Waals surface area contributed by atoms with Crippen molar-refractivity contribution >= 4 is 15.9 Å². The molecule has 0 saturated carbocycles. The Hall–Kier alpha value is -1.58. The van der Waals surface area contributed by atoms with Gasteiger partial charge in [-0.2, -0.15) is 4.31 Å². The van der Waals surface area contributed by atoms with Crippen LogP contribution in [0.15, 0.2) is 23.1 Å². The summed E-state index contributed by atoms with van der Waals surface area (Å²) in [6, 6.07) is 2.78. The molecular formula is C19H29F2N3O3S. The Balaban J connectivity index is 1.90. The number of amides is 1. The Labute approximate surface area is 165 Å². The van der Waals surface area contributed by atoms with Gasteiger partial charge >= 0.3 is 0 Å². The van der Waals surface area contributed by atoms with Gasteiger partial charge in [0.05, 0.1) is 0 Å². The van der Waals surface area contributed by atoms with Crippen molar-refractivity contribution in [3.05, 3.63) is 29.8 Å². The van der Waals surface area contributed by atoms with Gasteiger partial charge in [-0.05, 0) is 51.4 Å². The summed E-state index contributed by atoms with van der Waals surface area (Å²) in [5.74, 6) is -2.16. The zero-order chi connectivity index (χ0) is 20.9. The molecule has 1 heterocycles. The van der Waals surface area contributed by atoms with Crippen molar-refractivity contribution in [1.82, 2.24) is 14.5 Å². The van der Waals surface area contributed by atoms with Crippen LogP contribution in [0.5, 0.6) is 0 Å². The van der Waals surface area contributed by atoms with Crippen molar-refractivity contribution in [2.45, 2.75) is 44.6 Å². The van der Waals surface area contributed by atoms with Gasteiger partial charge in [0.1, 0.15) is 16.5 Å². The van der Waals surface area contributed by atoms with E-state index in [1.165, 1.54) is 0 Å². The molecule has 0 aliphatic carbocycles. The summed E-state index contributed by atoms with van der Waals surface area (Å²) in [5, 5.41) is 2.92. The van der Waals surface area contributed by atoms with E-state index in [1.807, 2.05) is 0 Å². The third-order valence-corrected chi connectivity index (χ3v) is 7.08. The molecule has 1 N–H and O–H groups in total. The Morgan fingerprint density at radius 3 is 2.50 bits per heavy atom. The van der Waals surface area contributed by atoms with E-state index in [-0.39, 0.29) is 24.9 Å². The van der Waals surface area contributed by atoms with Crippen LogP contribution in [0.3, 0.4) is 0 Å². The first-order chi connectivity index (χ1) is 13.2. The van der Waals surface area contributed by atoms with Crippen LogP contribution in [0.4, 0.5) is 8.78 Å². The van der Waals surface area contributed by atoms with E-state index in [1.54, 1.807) is 0 Å². The van der Waals surface area contributed by atoms with Crippen LogP contribution >= 0.6 is 0 Å². The van der Waals surface area contributed by atoms with Gasteiger partial charge in [0.15, 0.2) is 0 Å². The van der Waals surface area contributed by atoms with E-state index in [2.05, 4.69) is 31.0 Å². The SMILES string of the molecule is CCN(CCNC(=O)C1CCN(S(=O)(=O)c2cc(F)ccc2F)CC1)C(C)C. The van der Waals surface area contributed by atoms with E-state index >= 15 is 0 Å². The van der Waals surface area contributed by atoms with E-state index in [0.29, 0.717) is 31.5 Å². The number of halogens is 2. The number of nitrogens with zero attached hydrogens (tertiary/aromatic N) is 2. The second kappa shape index (κ2) is 9.76. The number of likely N-dealkylation sites (N-methyl/N-ethyl adjacent to an activating group) is 1. The number of hydrogen-bond acceptors (Lipinski definition) is 4. The third kappa shape index (κ3) is 5.48. The van der Waals surface area contributed by atoms with Crippen LogP contribution in [0, 0.1) is 17.6 Å². The van der Waals surface area contributed by atoms with Crippen molar-refractivity contribution in [2.75, 3.05) is 32.7 Å². The summed E-state index contributed by atoms with van der Waals surface area (Å²) in [6.45, 7) is 8.67. The predicted octanol–water partition coefficient (Wildman–Crippen LogP) is 2.21. The number of carbonyl (C=O) groups excluding carboxylic acids is 1. The predicted molar refractivity (Wildman–Crippen MR) is 103 cm³/mol. The zero-order valence-corrected chi connectivity index (χ0v) is 17.4. The quantitative estimate of drug-likeness (QED) is 0.704. The van der Waals surface area contributed by atoms with Gasteiger partial charge in [-0.15, -0.1) is 0 Å². The lowest BCUT2D eigenvalue weighted by atomic mass is 9.97. The summed E-state index contributed by atoms with van der Waals surface area (Å²) in [6.07, 6.45) is 0.702. The molecule has 1 amide bonds. The lowest BCUT2D eigenvalue weighted by Gasteiger charge is -2.31. The van der Waals surface area contributed by atoms with Crippen molar-refractivity contribution < 1.29 is 22.0 Å². The average Bonchev–Trinajstić information content (AvgIpc) is 2.66. The van der Waals surface area contributed by atoms with Crippen LogP contribution in [0.2, 0.25) is 0 Å². The first-order valence-electron chi connectivity index (χ1n) is 9.63. The van der Waals surface area contributed by atoms with Crippen molar-refractivity contribution in [2.24, 2.45) is 5.92 Å². The minimum Gasteiger partial charge on any atom is -0.355 e. The Bertz CT molecular complexity index is 779. The molecule has 28 heavy (non-hydrogen) atoms. The maximum atomic E-state index is 13.9. The van der Waals surface area contributed by atoms with Crippen LogP contribution in [0.25, 0.3) is 0 Å². The molecular weight excluding hydrogens is 388 g/mol. The molecule has 1 fully saturated rings. The minimum absolute atomic E-state index is 0.0891. The molecule has 0 atom stereocenters. The fourth-order valence-electron chi connectivity index (χ4n) is 3.42. The molecule has 0 unspecified atom stereocenters. The second-order valence-corrected chi connectivity index (χ2v) is 9.17. The van der Waals surface area contributed by atoms with Gasteiger partial charge in [-0.3, -0.25) is 9.69 Å². The maximum absolute atomic E-state index is 13.9. The maximum Gasteiger partial charge on any atom is 0.246 e. The Kier molecular flexibility index (Phi) is 7.91. The number of piperidine rings is 1. The molecule has 1 aliphatic heterocycles. The summed E-state index contributed by atoms with van der Waals surface area (Å²) in [7, 11) is -4.13. The molecule has 2 rings (SSSR count). The van der Waals surface area contributed by atoms with Crippen molar-refractivity contribution in [3.8, 4) is 0 Å². The minimum atomic E-state index is -4.13. The third-order valence-electron chi connectivity index (χ3n) is 5.17. The van der Waals surface area contributed by atoms with E-state index in [4.69, 9.17) is 0 Å². The largest absolute Gasteiger partial charge is 0.355 e. The van der Waals surface area contributed by atoms with Crippen LogP contribution in [-0.4, -0.2) is 62.3 Å². The molecule has 6 nitrogen and oxygen atoms in total. The zero-order valence-electron chi connectivity index (χ0n) is 16.6. The lowest BCUT2D eigenvalue weighted by molar-refractivity contribution is -0.126. The molecule has 1 aromatic rings. The highest BCUT2D eigenvalue weighted by atomic mass is 32.2. The smallest absolute Gasteiger partial charge is 0.246 e. The van der Waals surface area contributed by atoms with E-state index in [9.17, 15) is 22.0 Å². The van der Waals surface area contributed by atoms with Crippen LogP contribution < -0.4 is 5.32 Å². The van der Waals surface area contributed by atoms with Gasteiger partial charge in [-0.25, -0.2) is 17.2 Å². The highest BCUT2D eigenvalue weighted by molar-refractivity contribution is 7.89. The average molecular weight is 418 g/mol. The van der Waals surface area contributed by atoms with Gasteiger partial charge in [0.25, 0.3) is 0 Å². The normalized spacial score (nSPS) is 16.7. The number of carbonyl (C=O) groups is 1. The van der Waals surface area contributed by atoms with Gasteiger partial charge in [-0.1, -0.05) is 6.92 Å². The fraction of sp³-hybridized carbons (Fsp3) is 0.632. The number of hydrogen-bond donors (Lipinski definition) is 1. The Morgan fingerprint density at radius 2 is 1.93 bits per heavy atom. The van der Waals surface area contributed by atoms with E-state index in [0.717, 1.165) is 29.5 Å². The molecule has 1 saturated heterocycles. The van der Waals surface area contributed by atoms with E-state index < -0.39 is 26.6 Å². The number of sulfonamides is 1. The van der Waals surface area contributed by atoms with Crippen LogP contribution in [0.1, 0.15) is 33.6 Å². The summed E-state index contributed by atoms with van der Waals surface area (Å²) in [4.78, 5) is 13.9. The monoisotopic (exact) mass is 417 g/mol. The van der Waals surface area contributed by atoms with Gasteiger partial charge < -0.3 is 5.32 Å². The first kappa shape index (κ1) is 22.7. The number of nitrogens with one attached hydrogen (secondary N) is 1. The number of benzene rings is 1. The van der Waals surface area contributed by atoms with Crippen molar-refractivity contribution in [1.29, 1.82) is 0 Å². The molecule has 158 valence electrons. The second-order valence-electron chi connectivity index (χ2n) is 7.27. The Morgan fingerprint density at radius 1 is 1.29 bits per heavy atom. The van der Waals surface area contributed by atoms with Crippen LogP contribution in [-0.2, 0) is 14.8 Å². The molecule has 9 heteroatoms. The highest BCUT2D eigenvalue weighted by Crippen LogP contribution is 2.26. The number of rotatable bonds is 8. The fourth-order valence-corrected chi connectivity index (χ4v) is 4.97. The molecule has 0 aromatic heterocycles.